The number of nitrogens with zero attached hydrogens (tertiary/aromatic N) is 1. The average molecular weight is 470 g/mol. The van der Waals surface area contributed by atoms with E-state index >= 15 is 0 Å². The molecule has 1 unspecified atom stereocenters. The molecule has 2 amide bonds. The van der Waals surface area contributed by atoms with Gasteiger partial charge in [0, 0.05) is 16.5 Å². The molecule has 1 saturated carbocycles. The standard InChI is InChI=1S/C24H27N3O3S2/c1-15(22(28)27-24-26-20-12-11-18(30-2)14-21(20)32-24)31-19-10-6-9-17(13-19)25-23(29)16-7-4-3-5-8-16/h6,9-16H,3-5,7-8H2,1-2H3,(H,25,29)(H,26,27,28). The lowest BCUT2D eigenvalue weighted by molar-refractivity contribution is -0.120. The first-order valence-corrected chi connectivity index (χ1v) is 12.5. The second-order valence-electron chi connectivity index (χ2n) is 7.95. The monoisotopic (exact) mass is 469 g/mol. The van der Waals surface area contributed by atoms with Crippen molar-refractivity contribution in [2.45, 2.75) is 49.2 Å². The molecule has 8 heteroatoms. The minimum absolute atomic E-state index is 0.102. The summed E-state index contributed by atoms with van der Waals surface area (Å²) in [5.41, 5.74) is 1.60. The molecular weight excluding hydrogens is 442 g/mol. The highest BCUT2D eigenvalue weighted by Gasteiger charge is 2.21. The van der Waals surface area contributed by atoms with E-state index in [1.807, 2.05) is 49.4 Å². The van der Waals surface area contributed by atoms with Gasteiger partial charge in [0.25, 0.3) is 0 Å². The molecule has 0 spiro atoms. The average Bonchev–Trinajstić information content (AvgIpc) is 3.21. The van der Waals surface area contributed by atoms with Crippen LogP contribution in [0.5, 0.6) is 5.75 Å². The number of carbonyl (C=O) groups is 2. The van der Waals surface area contributed by atoms with Crippen LogP contribution in [-0.2, 0) is 9.59 Å². The Labute approximate surface area is 196 Å². The molecule has 2 aromatic carbocycles. The second-order valence-corrected chi connectivity index (χ2v) is 10.4. The number of thiazole rings is 1. The minimum Gasteiger partial charge on any atom is -0.497 e. The number of ether oxygens (including phenoxy) is 1. The molecule has 1 atom stereocenters. The zero-order chi connectivity index (χ0) is 22.5. The third-order valence-corrected chi connectivity index (χ3v) is 7.61. The second kappa shape index (κ2) is 10.4. The number of amides is 2. The van der Waals surface area contributed by atoms with Crippen LogP contribution in [0.2, 0.25) is 0 Å². The molecule has 0 bridgehead atoms. The van der Waals surface area contributed by atoms with E-state index in [1.54, 1.807) is 7.11 Å². The third kappa shape index (κ3) is 5.61. The van der Waals surface area contributed by atoms with Crippen LogP contribution in [0.25, 0.3) is 10.2 Å². The summed E-state index contributed by atoms with van der Waals surface area (Å²) in [6.07, 6.45) is 5.42. The van der Waals surface area contributed by atoms with Crippen LogP contribution in [0.1, 0.15) is 39.0 Å². The molecule has 168 valence electrons. The summed E-state index contributed by atoms with van der Waals surface area (Å²) in [6, 6.07) is 13.3. The van der Waals surface area contributed by atoms with Gasteiger partial charge in [-0.1, -0.05) is 36.7 Å². The number of hydrogen-bond donors (Lipinski definition) is 2. The first-order chi connectivity index (χ1) is 15.5. The van der Waals surface area contributed by atoms with Gasteiger partial charge in [-0.05, 0) is 56.2 Å². The van der Waals surface area contributed by atoms with Crippen LogP contribution in [0.3, 0.4) is 0 Å². The molecule has 1 aliphatic rings. The number of methoxy groups -OCH3 is 1. The lowest BCUT2D eigenvalue weighted by Gasteiger charge is -2.21. The fourth-order valence-electron chi connectivity index (χ4n) is 3.81. The van der Waals surface area contributed by atoms with Gasteiger partial charge in [-0.3, -0.25) is 9.59 Å². The fourth-order valence-corrected chi connectivity index (χ4v) is 5.63. The van der Waals surface area contributed by atoms with Gasteiger partial charge in [0.15, 0.2) is 5.13 Å². The van der Waals surface area contributed by atoms with Crippen LogP contribution in [-0.4, -0.2) is 29.2 Å². The van der Waals surface area contributed by atoms with Crippen LogP contribution in [0, 0.1) is 5.92 Å². The Morgan fingerprint density at radius 2 is 1.94 bits per heavy atom. The minimum atomic E-state index is -0.319. The molecule has 1 aromatic heterocycles. The Morgan fingerprint density at radius 1 is 1.12 bits per heavy atom. The molecule has 2 N–H and O–H groups in total. The Balaban J connectivity index is 1.35. The number of benzene rings is 2. The zero-order valence-corrected chi connectivity index (χ0v) is 19.9. The van der Waals surface area contributed by atoms with Gasteiger partial charge in [-0.2, -0.15) is 0 Å². The van der Waals surface area contributed by atoms with Crippen molar-refractivity contribution in [1.82, 2.24) is 4.98 Å². The van der Waals surface area contributed by atoms with Crippen molar-refractivity contribution in [2.75, 3.05) is 17.7 Å². The van der Waals surface area contributed by atoms with E-state index < -0.39 is 0 Å². The highest BCUT2D eigenvalue weighted by Crippen LogP contribution is 2.31. The Hall–Kier alpha value is -2.58. The number of aromatic nitrogens is 1. The third-order valence-electron chi connectivity index (χ3n) is 5.59. The molecular formula is C24H27N3O3S2. The SMILES string of the molecule is COc1ccc2nc(NC(=O)C(C)Sc3cccc(NC(=O)C4CCCCC4)c3)sc2c1. The number of fused-ring (bicyclic) bond motifs is 1. The topological polar surface area (TPSA) is 80.3 Å². The normalized spacial score (nSPS) is 15.3. The Morgan fingerprint density at radius 3 is 2.72 bits per heavy atom. The van der Waals surface area contributed by atoms with E-state index in [1.165, 1.54) is 29.5 Å². The molecule has 0 saturated heterocycles. The van der Waals surface area contributed by atoms with E-state index in [4.69, 9.17) is 4.74 Å². The van der Waals surface area contributed by atoms with E-state index in [-0.39, 0.29) is 23.0 Å². The van der Waals surface area contributed by atoms with Crippen molar-refractivity contribution in [2.24, 2.45) is 5.92 Å². The molecule has 32 heavy (non-hydrogen) atoms. The predicted octanol–water partition coefficient (Wildman–Crippen LogP) is 5.94. The largest absolute Gasteiger partial charge is 0.497 e. The molecule has 3 aromatic rings. The van der Waals surface area contributed by atoms with Crippen molar-refractivity contribution in [1.29, 1.82) is 0 Å². The smallest absolute Gasteiger partial charge is 0.239 e. The zero-order valence-electron chi connectivity index (χ0n) is 18.2. The van der Waals surface area contributed by atoms with Crippen LogP contribution >= 0.6 is 23.1 Å². The van der Waals surface area contributed by atoms with E-state index in [9.17, 15) is 9.59 Å². The van der Waals surface area contributed by atoms with Crippen molar-refractivity contribution in [3.05, 3.63) is 42.5 Å². The number of hydrogen-bond acceptors (Lipinski definition) is 6. The van der Waals surface area contributed by atoms with E-state index in [2.05, 4.69) is 15.6 Å². The summed E-state index contributed by atoms with van der Waals surface area (Å²) in [5, 5.41) is 6.21. The molecule has 0 aliphatic heterocycles. The highest BCUT2D eigenvalue weighted by molar-refractivity contribution is 8.00. The molecule has 4 rings (SSSR count). The summed E-state index contributed by atoms with van der Waals surface area (Å²) in [5.74, 6) is 0.861. The summed E-state index contributed by atoms with van der Waals surface area (Å²) >= 11 is 2.88. The molecule has 1 fully saturated rings. The van der Waals surface area contributed by atoms with Gasteiger partial charge in [0.2, 0.25) is 11.8 Å². The quantitative estimate of drug-likeness (QED) is 0.418. The van der Waals surface area contributed by atoms with Crippen molar-refractivity contribution >= 4 is 55.9 Å². The van der Waals surface area contributed by atoms with Crippen molar-refractivity contribution in [3.8, 4) is 5.75 Å². The lowest BCUT2D eigenvalue weighted by Crippen LogP contribution is -2.24. The van der Waals surface area contributed by atoms with E-state index in [0.717, 1.165) is 52.2 Å². The van der Waals surface area contributed by atoms with Gasteiger partial charge < -0.3 is 15.4 Å². The van der Waals surface area contributed by atoms with Crippen molar-refractivity contribution < 1.29 is 14.3 Å². The molecule has 6 nitrogen and oxygen atoms in total. The van der Waals surface area contributed by atoms with Gasteiger partial charge >= 0.3 is 0 Å². The number of rotatable bonds is 7. The summed E-state index contributed by atoms with van der Waals surface area (Å²) in [7, 11) is 1.63. The van der Waals surface area contributed by atoms with E-state index in [0.29, 0.717) is 5.13 Å². The van der Waals surface area contributed by atoms with Gasteiger partial charge in [0.05, 0.1) is 22.6 Å². The maximum Gasteiger partial charge on any atom is 0.239 e. The predicted molar refractivity (Wildman–Crippen MR) is 132 cm³/mol. The maximum absolute atomic E-state index is 12.7. The first-order valence-electron chi connectivity index (χ1n) is 10.8. The number of thioether (sulfide) groups is 1. The Bertz CT molecular complexity index is 1110. The number of anilines is 2. The molecule has 1 heterocycles. The van der Waals surface area contributed by atoms with Crippen LogP contribution in [0.4, 0.5) is 10.8 Å². The fraction of sp³-hybridized carbons (Fsp3) is 0.375. The maximum atomic E-state index is 12.7. The van der Waals surface area contributed by atoms with Crippen LogP contribution < -0.4 is 15.4 Å². The van der Waals surface area contributed by atoms with Gasteiger partial charge in [-0.15, -0.1) is 11.8 Å². The Kier molecular flexibility index (Phi) is 7.32. The summed E-state index contributed by atoms with van der Waals surface area (Å²) in [4.78, 5) is 30.7. The molecule has 0 radical (unpaired) electrons. The van der Waals surface area contributed by atoms with Crippen molar-refractivity contribution in [3.63, 3.8) is 0 Å². The summed E-state index contributed by atoms with van der Waals surface area (Å²) in [6.45, 7) is 1.86. The van der Waals surface area contributed by atoms with Gasteiger partial charge in [0.1, 0.15) is 5.75 Å². The lowest BCUT2D eigenvalue weighted by atomic mass is 9.88. The van der Waals surface area contributed by atoms with Crippen LogP contribution in [0.15, 0.2) is 47.4 Å². The molecule has 1 aliphatic carbocycles. The number of carbonyl (C=O) groups excluding carboxylic acids is 2. The first kappa shape index (κ1) is 22.6. The summed E-state index contributed by atoms with van der Waals surface area (Å²) < 4.78 is 6.21. The van der Waals surface area contributed by atoms with Gasteiger partial charge in [-0.25, -0.2) is 4.98 Å². The number of nitrogens with one attached hydrogen (secondary N) is 2. The highest BCUT2D eigenvalue weighted by atomic mass is 32.2.